The van der Waals surface area contributed by atoms with Gasteiger partial charge in [-0.3, -0.25) is 10.1 Å². The van der Waals surface area contributed by atoms with Gasteiger partial charge in [0.05, 0.1) is 0 Å². The van der Waals surface area contributed by atoms with Gasteiger partial charge in [-0.1, -0.05) is 28.1 Å². The molecule has 22 heavy (non-hydrogen) atoms. The Hall–Kier alpha value is -2.01. The van der Waals surface area contributed by atoms with Gasteiger partial charge in [-0.15, -0.1) is 0 Å². The van der Waals surface area contributed by atoms with E-state index in [1.807, 2.05) is 24.4 Å². The van der Waals surface area contributed by atoms with Crippen molar-refractivity contribution in [2.45, 2.75) is 25.7 Å². The van der Waals surface area contributed by atoms with E-state index in [0.717, 1.165) is 27.1 Å². The van der Waals surface area contributed by atoms with Gasteiger partial charge in [0.1, 0.15) is 0 Å². The van der Waals surface area contributed by atoms with Gasteiger partial charge in [0, 0.05) is 33.4 Å². The van der Waals surface area contributed by atoms with Gasteiger partial charge in [0.2, 0.25) is 0 Å². The van der Waals surface area contributed by atoms with Crippen LogP contribution < -0.4 is 0 Å². The lowest BCUT2D eigenvalue weighted by Crippen LogP contribution is -1.88. The smallest absolute Gasteiger partial charge is 0.181 e. The summed E-state index contributed by atoms with van der Waals surface area (Å²) in [7, 11) is 0. The maximum atomic E-state index is 4.63. The molecule has 0 atom stereocenters. The monoisotopic (exact) mass is 354 g/mol. The molecule has 4 rings (SSSR count). The molecule has 1 N–H and O–H groups in total. The molecule has 5 heteroatoms. The second-order valence-corrected chi connectivity index (χ2v) is 6.57. The summed E-state index contributed by atoms with van der Waals surface area (Å²) in [5, 5.41) is 7.38. The van der Waals surface area contributed by atoms with Crippen LogP contribution in [0.5, 0.6) is 0 Å². The van der Waals surface area contributed by atoms with Crippen molar-refractivity contribution in [3.8, 4) is 22.8 Å². The highest BCUT2D eigenvalue weighted by atomic mass is 79.9. The zero-order chi connectivity index (χ0) is 15.1. The fourth-order valence-corrected chi connectivity index (χ4v) is 2.83. The van der Waals surface area contributed by atoms with Gasteiger partial charge in [0.15, 0.2) is 11.6 Å². The molecule has 1 aliphatic carbocycles. The third-order valence-electron chi connectivity index (χ3n) is 3.97. The highest BCUT2D eigenvalue weighted by molar-refractivity contribution is 9.10. The van der Waals surface area contributed by atoms with E-state index in [9.17, 15) is 0 Å². The Morgan fingerprint density at radius 2 is 2.00 bits per heavy atom. The van der Waals surface area contributed by atoms with Crippen molar-refractivity contribution in [2.24, 2.45) is 0 Å². The summed E-state index contributed by atoms with van der Waals surface area (Å²) < 4.78 is 1.07. The van der Waals surface area contributed by atoms with Gasteiger partial charge in [-0.25, -0.2) is 4.98 Å². The minimum absolute atomic E-state index is 0.635. The Balaban J connectivity index is 1.68. The minimum Gasteiger partial charge on any atom is -0.261 e. The van der Waals surface area contributed by atoms with E-state index in [1.165, 1.54) is 18.4 Å². The average molecular weight is 355 g/mol. The van der Waals surface area contributed by atoms with Crippen LogP contribution >= 0.6 is 15.9 Å². The summed E-state index contributed by atoms with van der Waals surface area (Å²) in [5.74, 6) is 2.13. The fourth-order valence-electron chi connectivity index (χ4n) is 2.45. The topological polar surface area (TPSA) is 54.5 Å². The molecule has 3 aromatic rings. The highest BCUT2D eigenvalue weighted by Gasteiger charge is 2.25. The van der Waals surface area contributed by atoms with Gasteiger partial charge < -0.3 is 0 Å². The van der Waals surface area contributed by atoms with Gasteiger partial charge in [-0.05, 0) is 43.5 Å². The first kappa shape index (κ1) is 13.6. The van der Waals surface area contributed by atoms with Crippen LogP contribution in [0, 0.1) is 6.92 Å². The number of benzene rings is 1. The summed E-state index contributed by atoms with van der Waals surface area (Å²) in [6.07, 6.45) is 4.35. The fraction of sp³-hybridized carbons (Fsp3) is 0.235. The Morgan fingerprint density at radius 1 is 1.14 bits per heavy atom. The molecule has 0 aliphatic heterocycles. The lowest BCUT2D eigenvalue weighted by molar-refractivity contribution is 1.02. The number of aromatic nitrogens is 4. The standard InChI is InChI=1S/C17H15BrN4/c1-10-2-3-12(8-14(10)18)16-20-17(22-21-16)13-6-7-19-15(9-13)11-4-5-11/h2-3,6-9,11H,4-5H2,1H3,(H,20,21,22). The molecule has 2 heterocycles. The van der Waals surface area contributed by atoms with E-state index < -0.39 is 0 Å². The first-order valence-corrected chi connectivity index (χ1v) is 8.15. The number of pyridine rings is 1. The number of aromatic amines is 1. The van der Waals surface area contributed by atoms with Crippen LogP contribution in [0.15, 0.2) is 41.0 Å². The molecule has 4 nitrogen and oxygen atoms in total. The average Bonchev–Trinajstić information content (AvgIpc) is 3.27. The zero-order valence-electron chi connectivity index (χ0n) is 12.2. The molecule has 110 valence electrons. The lowest BCUT2D eigenvalue weighted by Gasteiger charge is -2.01. The predicted molar refractivity (Wildman–Crippen MR) is 89.5 cm³/mol. The first-order valence-electron chi connectivity index (χ1n) is 7.36. The van der Waals surface area contributed by atoms with Crippen molar-refractivity contribution in [3.63, 3.8) is 0 Å². The zero-order valence-corrected chi connectivity index (χ0v) is 13.8. The summed E-state index contributed by atoms with van der Waals surface area (Å²) in [6.45, 7) is 2.06. The van der Waals surface area contributed by atoms with Gasteiger partial charge in [0.25, 0.3) is 0 Å². The van der Waals surface area contributed by atoms with Crippen molar-refractivity contribution in [3.05, 3.63) is 52.3 Å². The van der Waals surface area contributed by atoms with Crippen LogP contribution in [0.3, 0.4) is 0 Å². The highest BCUT2D eigenvalue weighted by Crippen LogP contribution is 2.39. The van der Waals surface area contributed by atoms with Crippen molar-refractivity contribution < 1.29 is 0 Å². The van der Waals surface area contributed by atoms with E-state index >= 15 is 0 Å². The van der Waals surface area contributed by atoms with Crippen LogP contribution in [0.2, 0.25) is 0 Å². The molecule has 0 unspecified atom stereocenters. The number of nitrogens with one attached hydrogen (secondary N) is 1. The number of hydrogen-bond donors (Lipinski definition) is 1. The molecule has 1 aliphatic rings. The first-order chi connectivity index (χ1) is 10.7. The molecule has 2 aromatic heterocycles. The maximum Gasteiger partial charge on any atom is 0.181 e. The van der Waals surface area contributed by atoms with Crippen molar-refractivity contribution in [1.82, 2.24) is 20.2 Å². The molecule has 0 radical (unpaired) electrons. The SMILES string of the molecule is Cc1ccc(-c2n[nH]c(-c3ccnc(C4CC4)c3)n2)cc1Br. The van der Waals surface area contributed by atoms with Crippen LogP contribution in [-0.4, -0.2) is 20.2 Å². The van der Waals surface area contributed by atoms with Gasteiger partial charge in [-0.2, -0.15) is 5.10 Å². The second-order valence-electron chi connectivity index (χ2n) is 5.72. The van der Waals surface area contributed by atoms with E-state index in [-0.39, 0.29) is 0 Å². The van der Waals surface area contributed by atoms with E-state index in [2.05, 4.69) is 55.2 Å². The van der Waals surface area contributed by atoms with E-state index in [1.54, 1.807) is 0 Å². The summed E-state index contributed by atoms with van der Waals surface area (Å²) in [5.41, 5.74) is 4.40. The Labute approximate surface area is 137 Å². The van der Waals surface area contributed by atoms with Crippen molar-refractivity contribution >= 4 is 15.9 Å². The normalized spacial score (nSPS) is 14.3. The van der Waals surface area contributed by atoms with Crippen LogP contribution in [-0.2, 0) is 0 Å². The molecule has 0 amide bonds. The van der Waals surface area contributed by atoms with Crippen molar-refractivity contribution in [2.75, 3.05) is 0 Å². The molecular formula is C17H15BrN4. The number of nitrogens with zero attached hydrogens (tertiary/aromatic N) is 3. The number of hydrogen-bond acceptors (Lipinski definition) is 3. The molecule has 1 fully saturated rings. The molecule has 0 saturated heterocycles. The molecule has 0 bridgehead atoms. The lowest BCUT2D eigenvalue weighted by atomic mass is 10.1. The number of rotatable bonds is 3. The third-order valence-corrected chi connectivity index (χ3v) is 4.82. The number of halogens is 1. The number of aryl methyl sites for hydroxylation is 1. The predicted octanol–water partition coefficient (Wildman–Crippen LogP) is 4.48. The van der Waals surface area contributed by atoms with Crippen molar-refractivity contribution in [1.29, 1.82) is 0 Å². The molecule has 0 spiro atoms. The van der Waals surface area contributed by atoms with Crippen LogP contribution in [0.1, 0.15) is 30.0 Å². The molecule has 1 saturated carbocycles. The maximum absolute atomic E-state index is 4.63. The second kappa shape index (κ2) is 5.32. The third kappa shape index (κ3) is 2.57. The van der Waals surface area contributed by atoms with Crippen LogP contribution in [0.4, 0.5) is 0 Å². The Kier molecular flexibility index (Phi) is 3.30. The number of H-pyrrole nitrogens is 1. The quantitative estimate of drug-likeness (QED) is 0.754. The minimum atomic E-state index is 0.635. The molecule has 1 aromatic carbocycles. The summed E-state index contributed by atoms with van der Waals surface area (Å²) >= 11 is 3.55. The van der Waals surface area contributed by atoms with Crippen LogP contribution in [0.25, 0.3) is 22.8 Å². The largest absolute Gasteiger partial charge is 0.261 e. The van der Waals surface area contributed by atoms with E-state index in [0.29, 0.717) is 11.7 Å². The molecular weight excluding hydrogens is 340 g/mol. The van der Waals surface area contributed by atoms with Gasteiger partial charge >= 0.3 is 0 Å². The summed E-state index contributed by atoms with van der Waals surface area (Å²) in [4.78, 5) is 9.07. The Morgan fingerprint density at radius 3 is 2.77 bits per heavy atom. The Bertz CT molecular complexity index is 836. The van der Waals surface area contributed by atoms with E-state index in [4.69, 9.17) is 0 Å². The summed E-state index contributed by atoms with van der Waals surface area (Å²) in [6, 6.07) is 10.2.